The number of rotatable bonds is 4. The van der Waals surface area contributed by atoms with E-state index in [-0.39, 0.29) is 0 Å². The van der Waals surface area contributed by atoms with Crippen molar-refractivity contribution in [3.8, 4) is 0 Å². The van der Waals surface area contributed by atoms with Crippen LogP contribution in [0.2, 0.25) is 5.02 Å². The van der Waals surface area contributed by atoms with E-state index in [1.165, 1.54) is 0 Å². The summed E-state index contributed by atoms with van der Waals surface area (Å²) in [6.07, 6.45) is 8.66. The van der Waals surface area contributed by atoms with Gasteiger partial charge >= 0.3 is 0 Å². The van der Waals surface area contributed by atoms with Crippen LogP contribution in [-0.4, -0.2) is 14.8 Å². The molecular weight excluding hydrogens is 224 g/mol. The van der Waals surface area contributed by atoms with E-state index in [2.05, 4.69) is 22.0 Å². The normalized spacial score (nSPS) is 10.1. The molecule has 0 unspecified atom stereocenters. The smallest absolute Gasteiger partial charge is 0.0718 e. The predicted molar refractivity (Wildman–Crippen MR) is 65.2 cm³/mol. The molecule has 0 atom stereocenters. The summed E-state index contributed by atoms with van der Waals surface area (Å²) in [4.78, 5) is 4.00. The average molecular weight is 235 g/mol. The highest BCUT2D eigenvalue weighted by Gasteiger charge is 2.00. The van der Waals surface area contributed by atoms with Gasteiger partial charge in [-0.2, -0.15) is 5.10 Å². The number of aromatic nitrogens is 3. The Balaban J connectivity index is 2.02. The van der Waals surface area contributed by atoms with Gasteiger partial charge in [-0.05, 0) is 6.07 Å². The van der Waals surface area contributed by atoms with Gasteiger partial charge in [0.15, 0.2) is 0 Å². The van der Waals surface area contributed by atoms with Gasteiger partial charge in [0.1, 0.15) is 0 Å². The van der Waals surface area contributed by atoms with E-state index < -0.39 is 0 Å². The third-order valence-corrected chi connectivity index (χ3v) is 2.42. The van der Waals surface area contributed by atoms with Crippen molar-refractivity contribution in [2.45, 2.75) is 6.54 Å². The van der Waals surface area contributed by atoms with Crippen LogP contribution in [0.25, 0.3) is 6.20 Å². The van der Waals surface area contributed by atoms with Crippen molar-refractivity contribution in [3.63, 3.8) is 0 Å². The number of hydrogen-bond donors (Lipinski definition) is 1. The number of halogens is 1. The van der Waals surface area contributed by atoms with Crippen LogP contribution < -0.4 is 5.32 Å². The Kier molecular flexibility index (Phi) is 3.22. The summed E-state index contributed by atoms with van der Waals surface area (Å²) in [5, 5.41) is 7.92. The highest BCUT2D eigenvalue weighted by atomic mass is 35.5. The molecule has 1 N–H and O–H groups in total. The summed E-state index contributed by atoms with van der Waals surface area (Å²) in [5.41, 5.74) is 1.87. The van der Waals surface area contributed by atoms with Crippen LogP contribution in [0.3, 0.4) is 0 Å². The lowest BCUT2D eigenvalue weighted by Gasteiger charge is -2.05. The molecule has 0 saturated heterocycles. The zero-order chi connectivity index (χ0) is 11.4. The lowest BCUT2D eigenvalue weighted by Crippen LogP contribution is -1.99. The molecule has 0 aliphatic heterocycles. The molecule has 16 heavy (non-hydrogen) atoms. The van der Waals surface area contributed by atoms with Gasteiger partial charge in [0, 0.05) is 30.7 Å². The molecule has 0 aliphatic rings. The van der Waals surface area contributed by atoms with Gasteiger partial charge < -0.3 is 5.32 Å². The van der Waals surface area contributed by atoms with Crippen LogP contribution in [0.4, 0.5) is 5.69 Å². The largest absolute Gasteiger partial charge is 0.378 e. The van der Waals surface area contributed by atoms with E-state index in [9.17, 15) is 0 Å². The van der Waals surface area contributed by atoms with Crippen LogP contribution in [0.1, 0.15) is 5.56 Å². The van der Waals surface area contributed by atoms with E-state index in [0.29, 0.717) is 11.6 Å². The summed E-state index contributed by atoms with van der Waals surface area (Å²) in [6, 6.07) is 1.75. The van der Waals surface area contributed by atoms with Crippen LogP contribution >= 0.6 is 11.6 Å². The maximum absolute atomic E-state index is 5.98. The first-order valence-electron chi connectivity index (χ1n) is 4.78. The summed E-state index contributed by atoms with van der Waals surface area (Å²) >= 11 is 5.98. The second-order valence-electron chi connectivity index (χ2n) is 3.22. The number of pyridine rings is 1. The molecule has 2 aromatic heterocycles. The van der Waals surface area contributed by atoms with Crippen LogP contribution in [0.15, 0.2) is 37.4 Å². The quantitative estimate of drug-likeness (QED) is 0.885. The molecule has 0 aliphatic carbocycles. The van der Waals surface area contributed by atoms with E-state index in [1.807, 2.05) is 6.20 Å². The van der Waals surface area contributed by atoms with Crippen molar-refractivity contribution in [2.24, 2.45) is 0 Å². The zero-order valence-corrected chi connectivity index (χ0v) is 9.35. The number of anilines is 1. The van der Waals surface area contributed by atoms with Crippen molar-refractivity contribution in [2.75, 3.05) is 5.32 Å². The molecule has 0 spiro atoms. The third-order valence-electron chi connectivity index (χ3n) is 2.09. The van der Waals surface area contributed by atoms with E-state index in [4.69, 9.17) is 11.6 Å². The fraction of sp³-hybridized carbons (Fsp3) is 0.0909. The van der Waals surface area contributed by atoms with Crippen molar-refractivity contribution >= 4 is 23.5 Å². The molecule has 2 rings (SSSR count). The molecule has 4 nitrogen and oxygen atoms in total. The second-order valence-corrected chi connectivity index (χ2v) is 3.63. The van der Waals surface area contributed by atoms with Gasteiger partial charge in [-0.3, -0.25) is 4.98 Å². The average Bonchev–Trinajstić information content (AvgIpc) is 2.76. The Hall–Kier alpha value is -1.81. The molecule has 0 aromatic carbocycles. The van der Waals surface area contributed by atoms with Gasteiger partial charge in [0.05, 0.1) is 23.1 Å². The molecule has 0 amide bonds. The van der Waals surface area contributed by atoms with Gasteiger partial charge in [-0.15, -0.1) is 0 Å². The van der Waals surface area contributed by atoms with Crippen LogP contribution in [-0.2, 0) is 6.54 Å². The van der Waals surface area contributed by atoms with Crippen LogP contribution in [0, 0.1) is 0 Å². The van der Waals surface area contributed by atoms with Gasteiger partial charge in [0.2, 0.25) is 0 Å². The Morgan fingerprint density at radius 1 is 1.50 bits per heavy atom. The van der Waals surface area contributed by atoms with E-state index in [1.54, 1.807) is 35.5 Å². The number of nitrogens with one attached hydrogen (secondary N) is 1. The minimum absolute atomic E-state index is 0.652. The topological polar surface area (TPSA) is 42.7 Å². The van der Waals surface area contributed by atoms with Crippen LogP contribution in [0.5, 0.6) is 0 Å². The highest BCUT2D eigenvalue weighted by Crippen LogP contribution is 2.19. The maximum Gasteiger partial charge on any atom is 0.0718 e. The van der Waals surface area contributed by atoms with E-state index >= 15 is 0 Å². The second kappa shape index (κ2) is 4.81. The van der Waals surface area contributed by atoms with Crippen molar-refractivity contribution < 1.29 is 0 Å². The fourth-order valence-electron chi connectivity index (χ4n) is 1.27. The molecule has 0 saturated carbocycles. The summed E-state index contributed by atoms with van der Waals surface area (Å²) in [6.45, 7) is 4.28. The number of nitrogens with zero attached hydrogens (tertiary/aromatic N) is 3. The van der Waals surface area contributed by atoms with Gasteiger partial charge in [-0.1, -0.05) is 18.2 Å². The standard InChI is InChI=1S/C11H11ClN4/c1-2-16-8-9(6-15-16)5-14-11-7-13-4-3-10(11)12/h2-4,6-8,14H,1,5H2. The first-order valence-corrected chi connectivity index (χ1v) is 5.16. The molecule has 82 valence electrons. The summed E-state index contributed by atoms with van der Waals surface area (Å²) in [5.74, 6) is 0. The molecule has 2 aromatic rings. The molecule has 2 heterocycles. The lowest BCUT2D eigenvalue weighted by atomic mass is 10.3. The third kappa shape index (κ3) is 2.41. The molecular formula is C11H11ClN4. The summed E-state index contributed by atoms with van der Waals surface area (Å²) in [7, 11) is 0. The molecule has 0 bridgehead atoms. The first-order chi connectivity index (χ1) is 7.79. The minimum Gasteiger partial charge on any atom is -0.378 e. The maximum atomic E-state index is 5.98. The van der Waals surface area contributed by atoms with E-state index in [0.717, 1.165) is 11.3 Å². The fourth-order valence-corrected chi connectivity index (χ4v) is 1.45. The number of hydrogen-bond acceptors (Lipinski definition) is 3. The summed E-state index contributed by atoms with van der Waals surface area (Å²) < 4.78 is 1.65. The highest BCUT2D eigenvalue weighted by molar-refractivity contribution is 6.33. The van der Waals surface area contributed by atoms with Gasteiger partial charge in [-0.25, -0.2) is 4.68 Å². The Labute approximate surface area is 98.6 Å². The minimum atomic E-state index is 0.652. The monoisotopic (exact) mass is 234 g/mol. The SMILES string of the molecule is C=Cn1cc(CNc2cnccc2Cl)cn1. The Morgan fingerprint density at radius 2 is 2.38 bits per heavy atom. The van der Waals surface area contributed by atoms with Crippen molar-refractivity contribution in [1.29, 1.82) is 0 Å². The molecule has 5 heteroatoms. The van der Waals surface area contributed by atoms with Crippen molar-refractivity contribution in [3.05, 3.63) is 48.0 Å². The molecule has 0 fully saturated rings. The molecule has 0 radical (unpaired) electrons. The van der Waals surface area contributed by atoms with Gasteiger partial charge in [0.25, 0.3) is 0 Å². The predicted octanol–water partition coefficient (Wildman–Crippen LogP) is 2.64. The Bertz CT molecular complexity index is 492. The first kappa shape index (κ1) is 10.7. The van der Waals surface area contributed by atoms with Crippen molar-refractivity contribution in [1.82, 2.24) is 14.8 Å². The zero-order valence-electron chi connectivity index (χ0n) is 8.60. The Morgan fingerprint density at radius 3 is 3.06 bits per heavy atom. The lowest BCUT2D eigenvalue weighted by molar-refractivity contribution is 0.936.